The minimum Gasteiger partial charge on any atom is -0.494 e. The maximum Gasteiger partial charge on any atom is 0.278 e. The van der Waals surface area contributed by atoms with Crippen LogP contribution in [0, 0.1) is 13.8 Å². The van der Waals surface area contributed by atoms with Gasteiger partial charge in [-0.05, 0) is 55.2 Å². The van der Waals surface area contributed by atoms with Crippen molar-refractivity contribution in [2.45, 2.75) is 27.2 Å². The molecule has 0 unspecified atom stereocenters. The normalized spacial score (nSPS) is 13.8. The first kappa shape index (κ1) is 20.4. The van der Waals surface area contributed by atoms with Crippen LogP contribution in [0.5, 0.6) is 5.75 Å². The van der Waals surface area contributed by atoms with Crippen LogP contribution in [0.3, 0.4) is 0 Å². The van der Waals surface area contributed by atoms with E-state index in [2.05, 4.69) is 11.9 Å². The van der Waals surface area contributed by atoms with E-state index >= 15 is 0 Å². The maximum atomic E-state index is 13.0. The molecule has 0 radical (unpaired) electrons. The number of benzene rings is 2. The standard InChI is InChI=1S/C24H26N2O3/c1-5-13-26-23(27)21(18-9-11-19(12-10-18)29-14-6-2)22(24(26)28)25-20-15-16(3)7-8-17(20)4/h5,7-12,15,25H,1,6,13-14H2,2-4H3. The second kappa shape index (κ2) is 8.78. The lowest BCUT2D eigenvalue weighted by atomic mass is 10.0. The first-order valence-electron chi connectivity index (χ1n) is 9.75. The summed E-state index contributed by atoms with van der Waals surface area (Å²) in [6, 6.07) is 13.2. The highest BCUT2D eigenvalue weighted by Gasteiger charge is 2.38. The predicted octanol–water partition coefficient (Wildman–Crippen LogP) is 4.47. The minimum absolute atomic E-state index is 0.164. The van der Waals surface area contributed by atoms with Crippen molar-refractivity contribution in [2.24, 2.45) is 0 Å². The summed E-state index contributed by atoms with van der Waals surface area (Å²) in [6.45, 7) is 10.5. The number of carbonyl (C=O) groups excluding carboxylic acids is 2. The average Bonchev–Trinajstić information content (AvgIpc) is 2.94. The van der Waals surface area contributed by atoms with Crippen LogP contribution in [-0.4, -0.2) is 29.9 Å². The molecule has 0 atom stereocenters. The molecule has 0 aliphatic carbocycles. The van der Waals surface area contributed by atoms with Crippen LogP contribution < -0.4 is 10.1 Å². The Hall–Kier alpha value is -3.34. The molecule has 5 nitrogen and oxygen atoms in total. The number of aryl methyl sites for hydroxylation is 2. The summed E-state index contributed by atoms with van der Waals surface area (Å²) >= 11 is 0. The van der Waals surface area contributed by atoms with Crippen LogP contribution in [-0.2, 0) is 9.59 Å². The SMILES string of the molecule is C=CCN1C(=O)C(Nc2cc(C)ccc2C)=C(c2ccc(OCCC)cc2)C1=O. The van der Waals surface area contributed by atoms with Crippen LogP contribution >= 0.6 is 0 Å². The summed E-state index contributed by atoms with van der Waals surface area (Å²) in [7, 11) is 0. The molecule has 1 aliphatic rings. The van der Waals surface area contributed by atoms with Crippen molar-refractivity contribution < 1.29 is 14.3 Å². The van der Waals surface area contributed by atoms with Gasteiger partial charge in [-0.1, -0.05) is 37.3 Å². The zero-order chi connectivity index (χ0) is 21.0. The van der Waals surface area contributed by atoms with Crippen LogP contribution in [0.1, 0.15) is 30.0 Å². The molecule has 0 fully saturated rings. The first-order chi connectivity index (χ1) is 14.0. The van der Waals surface area contributed by atoms with Crippen LogP contribution in [0.25, 0.3) is 5.57 Å². The third-order valence-corrected chi connectivity index (χ3v) is 4.75. The van der Waals surface area contributed by atoms with Crippen molar-refractivity contribution in [1.82, 2.24) is 4.90 Å². The lowest BCUT2D eigenvalue weighted by Gasteiger charge is -2.13. The van der Waals surface area contributed by atoms with Gasteiger partial charge in [-0.15, -0.1) is 6.58 Å². The lowest BCUT2D eigenvalue weighted by molar-refractivity contribution is -0.136. The van der Waals surface area contributed by atoms with E-state index in [-0.39, 0.29) is 24.1 Å². The molecule has 29 heavy (non-hydrogen) atoms. The number of anilines is 1. The molecule has 1 aliphatic heterocycles. The molecule has 0 spiro atoms. The quantitative estimate of drug-likeness (QED) is 0.534. The van der Waals surface area contributed by atoms with E-state index in [0.29, 0.717) is 17.7 Å². The van der Waals surface area contributed by atoms with Crippen LogP contribution in [0.15, 0.2) is 60.8 Å². The summed E-state index contributed by atoms with van der Waals surface area (Å²) in [5, 5.41) is 3.22. The van der Waals surface area contributed by atoms with Gasteiger partial charge in [0.25, 0.3) is 11.8 Å². The van der Waals surface area contributed by atoms with Crippen molar-refractivity contribution in [3.63, 3.8) is 0 Å². The van der Waals surface area contributed by atoms with Gasteiger partial charge in [0, 0.05) is 12.2 Å². The van der Waals surface area contributed by atoms with E-state index in [9.17, 15) is 9.59 Å². The second-order valence-electron chi connectivity index (χ2n) is 7.08. The highest BCUT2D eigenvalue weighted by molar-refractivity contribution is 6.36. The van der Waals surface area contributed by atoms with E-state index in [1.807, 2.05) is 63.2 Å². The molecule has 3 rings (SSSR count). The Morgan fingerprint density at radius 1 is 1.07 bits per heavy atom. The van der Waals surface area contributed by atoms with Gasteiger partial charge in [-0.25, -0.2) is 0 Å². The number of ether oxygens (including phenoxy) is 1. The number of nitrogens with one attached hydrogen (secondary N) is 1. The third kappa shape index (κ3) is 4.24. The minimum atomic E-state index is -0.350. The second-order valence-corrected chi connectivity index (χ2v) is 7.08. The monoisotopic (exact) mass is 390 g/mol. The topological polar surface area (TPSA) is 58.6 Å². The molecule has 0 saturated heterocycles. The van der Waals surface area contributed by atoms with Gasteiger partial charge in [0.15, 0.2) is 0 Å². The van der Waals surface area contributed by atoms with Crippen LogP contribution in [0.4, 0.5) is 5.69 Å². The van der Waals surface area contributed by atoms with Crippen molar-refractivity contribution in [2.75, 3.05) is 18.5 Å². The number of carbonyl (C=O) groups is 2. The Labute approximate surface area is 171 Å². The van der Waals surface area contributed by atoms with Gasteiger partial charge in [0.2, 0.25) is 0 Å². The highest BCUT2D eigenvalue weighted by Crippen LogP contribution is 2.32. The fraction of sp³-hybridized carbons (Fsp3) is 0.250. The maximum absolute atomic E-state index is 13.0. The number of rotatable bonds is 8. The van der Waals surface area contributed by atoms with Crippen LogP contribution in [0.2, 0.25) is 0 Å². The number of hydrogen-bond donors (Lipinski definition) is 1. The largest absolute Gasteiger partial charge is 0.494 e. The Morgan fingerprint density at radius 3 is 2.45 bits per heavy atom. The van der Waals surface area contributed by atoms with E-state index < -0.39 is 0 Å². The third-order valence-electron chi connectivity index (χ3n) is 4.75. The van der Waals surface area contributed by atoms with Crippen molar-refractivity contribution in [3.8, 4) is 5.75 Å². The molecular formula is C24H26N2O3. The van der Waals surface area contributed by atoms with Crippen molar-refractivity contribution >= 4 is 23.1 Å². The number of hydrogen-bond acceptors (Lipinski definition) is 4. The molecule has 2 amide bonds. The summed E-state index contributed by atoms with van der Waals surface area (Å²) < 4.78 is 5.62. The zero-order valence-electron chi connectivity index (χ0n) is 17.1. The van der Waals surface area contributed by atoms with Gasteiger partial charge in [0.05, 0.1) is 12.2 Å². The van der Waals surface area contributed by atoms with Gasteiger partial charge in [-0.3, -0.25) is 14.5 Å². The number of imide groups is 1. The Balaban J connectivity index is 2.03. The average molecular weight is 390 g/mol. The molecular weight excluding hydrogens is 364 g/mol. The molecule has 5 heteroatoms. The molecule has 0 saturated carbocycles. The Bertz CT molecular complexity index is 974. The molecule has 2 aromatic rings. The molecule has 1 N–H and O–H groups in total. The lowest BCUT2D eigenvalue weighted by Crippen LogP contribution is -2.32. The van der Waals surface area contributed by atoms with Crippen molar-refractivity contribution in [1.29, 1.82) is 0 Å². The molecule has 150 valence electrons. The van der Waals surface area contributed by atoms with Crippen molar-refractivity contribution in [3.05, 3.63) is 77.5 Å². The molecule has 0 aromatic heterocycles. The van der Waals surface area contributed by atoms with Gasteiger partial charge >= 0.3 is 0 Å². The number of nitrogens with zero attached hydrogens (tertiary/aromatic N) is 1. The van der Waals surface area contributed by atoms with E-state index in [0.717, 1.165) is 29.0 Å². The van der Waals surface area contributed by atoms with Gasteiger partial charge in [-0.2, -0.15) is 0 Å². The summed E-state index contributed by atoms with van der Waals surface area (Å²) in [4.78, 5) is 27.3. The smallest absolute Gasteiger partial charge is 0.278 e. The van der Waals surface area contributed by atoms with Gasteiger partial charge in [0.1, 0.15) is 11.4 Å². The summed E-state index contributed by atoms with van der Waals surface area (Å²) in [5.74, 6) is 0.0574. The molecule has 2 aromatic carbocycles. The van der Waals surface area contributed by atoms with Gasteiger partial charge < -0.3 is 10.1 Å². The fourth-order valence-electron chi connectivity index (χ4n) is 3.20. The summed E-state index contributed by atoms with van der Waals surface area (Å²) in [5.41, 5.74) is 4.19. The fourth-order valence-corrected chi connectivity index (χ4v) is 3.20. The first-order valence-corrected chi connectivity index (χ1v) is 9.75. The summed E-state index contributed by atoms with van der Waals surface area (Å²) in [6.07, 6.45) is 2.47. The van der Waals surface area contributed by atoms with E-state index in [4.69, 9.17) is 4.74 Å². The Morgan fingerprint density at radius 2 is 1.79 bits per heavy atom. The van der Waals surface area contributed by atoms with E-state index in [1.165, 1.54) is 4.90 Å². The zero-order valence-corrected chi connectivity index (χ0v) is 17.1. The molecule has 0 bridgehead atoms. The molecule has 1 heterocycles. The van der Waals surface area contributed by atoms with E-state index in [1.54, 1.807) is 6.08 Å². The highest BCUT2D eigenvalue weighted by atomic mass is 16.5. The number of amides is 2. The Kier molecular flexibility index (Phi) is 6.17. The predicted molar refractivity (Wildman–Crippen MR) is 116 cm³/mol.